The summed E-state index contributed by atoms with van der Waals surface area (Å²) >= 11 is 0. The second kappa shape index (κ2) is 9.67. The van der Waals surface area contributed by atoms with Crippen molar-refractivity contribution in [3.05, 3.63) is 46.9 Å². The second-order valence-corrected chi connectivity index (χ2v) is 7.18. The molecule has 1 aromatic carbocycles. The fraction of sp³-hybridized carbons (Fsp3) is 0.444. The van der Waals surface area contributed by atoms with E-state index in [1.807, 2.05) is 30.0 Å². The van der Waals surface area contributed by atoms with Crippen LogP contribution < -0.4 is 15.2 Å². The molecule has 0 amide bonds. The van der Waals surface area contributed by atoms with Crippen molar-refractivity contribution in [3.8, 4) is 11.4 Å². The summed E-state index contributed by atoms with van der Waals surface area (Å²) in [5, 5.41) is 4.30. The Kier molecular flexibility index (Phi) is 7.01. The third-order valence-corrected chi connectivity index (χ3v) is 5.28. The maximum absolute atomic E-state index is 13.1. The Labute approximate surface area is 165 Å². The Morgan fingerprint density at radius 1 is 1.07 bits per heavy atom. The molecule has 2 aromatic rings. The van der Waals surface area contributed by atoms with Gasteiger partial charge in [-0.05, 0) is 19.1 Å². The van der Waals surface area contributed by atoms with Crippen LogP contribution in [-0.4, -0.2) is 68.5 Å². The highest BCUT2D eigenvalue weighted by atomic mass is 32.2. The molecular weight excluding hydrogens is 384 g/mol. The summed E-state index contributed by atoms with van der Waals surface area (Å²) in [6.07, 6.45) is 1.59. The quantitative estimate of drug-likeness (QED) is 0.496. The molecule has 0 N–H and O–H groups in total. The summed E-state index contributed by atoms with van der Waals surface area (Å²) in [6.45, 7) is 4.70. The highest BCUT2D eigenvalue weighted by molar-refractivity contribution is 7.69. The molecule has 0 radical (unpaired) electrons. The van der Waals surface area contributed by atoms with Crippen LogP contribution in [0.5, 0.6) is 5.75 Å². The first-order valence-electron chi connectivity index (χ1n) is 9.14. The monoisotopic (exact) mass is 408 g/mol. The number of benzene rings is 1. The number of aromatic nitrogens is 2. The molecule has 0 aliphatic carbocycles. The molecule has 2 heterocycles. The number of rotatable bonds is 8. The van der Waals surface area contributed by atoms with Crippen LogP contribution in [0.4, 0.5) is 5.69 Å². The molecule has 0 bridgehead atoms. The van der Waals surface area contributed by atoms with E-state index in [4.69, 9.17) is 9.47 Å². The average molecular weight is 408 g/mol. The average Bonchev–Trinajstić information content (AvgIpc) is 2.72. The summed E-state index contributed by atoms with van der Waals surface area (Å²) < 4.78 is 36.1. The maximum atomic E-state index is 13.1. The Morgan fingerprint density at radius 3 is 2.43 bits per heavy atom. The van der Waals surface area contributed by atoms with Crippen molar-refractivity contribution in [1.29, 1.82) is 0 Å². The number of ether oxygens (including phenoxy) is 2. The summed E-state index contributed by atoms with van der Waals surface area (Å²) in [5.74, 6) is 0.193. The van der Waals surface area contributed by atoms with E-state index in [-0.39, 0.29) is 17.9 Å². The number of anilines is 1. The summed E-state index contributed by atoms with van der Waals surface area (Å²) in [4.78, 5) is 15.0. The van der Waals surface area contributed by atoms with E-state index in [1.54, 1.807) is 18.3 Å². The Balaban J connectivity index is 1.90. The molecule has 3 rings (SSSR count). The fourth-order valence-corrected chi connectivity index (χ4v) is 3.50. The minimum Gasteiger partial charge on any atom is -0.484 e. The maximum Gasteiger partial charge on any atom is 0.316 e. The lowest BCUT2D eigenvalue weighted by Gasteiger charge is -2.33. The number of para-hydroxylation sites is 1. The second-order valence-electron chi connectivity index (χ2n) is 6.14. The molecule has 10 heteroatoms. The van der Waals surface area contributed by atoms with Crippen molar-refractivity contribution in [3.63, 3.8) is 0 Å². The lowest BCUT2D eigenvalue weighted by atomic mass is 10.3. The normalized spacial score (nSPS) is 15.1. The van der Waals surface area contributed by atoms with E-state index >= 15 is 0 Å². The van der Waals surface area contributed by atoms with Gasteiger partial charge in [-0.15, -0.1) is 0 Å². The Hall–Kier alpha value is -2.43. The van der Waals surface area contributed by atoms with Crippen LogP contribution in [-0.2, 0) is 15.6 Å². The van der Waals surface area contributed by atoms with Crippen LogP contribution in [0.15, 0.2) is 41.3 Å². The SMILES string of the molecule is CCOCCOc1c(N2CCN([SH](=O)=O)CC2)cnn(-c2ccccc2)c1=O. The zero-order valence-corrected chi connectivity index (χ0v) is 16.6. The molecule has 0 saturated carbocycles. The van der Waals surface area contributed by atoms with Gasteiger partial charge in [-0.3, -0.25) is 4.79 Å². The number of hydrogen-bond donors (Lipinski definition) is 1. The largest absolute Gasteiger partial charge is 0.484 e. The molecule has 0 atom stereocenters. The summed E-state index contributed by atoms with van der Waals surface area (Å²) in [5.41, 5.74) is 0.842. The third-order valence-electron chi connectivity index (χ3n) is 4.42. The third kappa shape index (κ3) is 4.70. The van der Waals surface area contributed by atoms with Gasteiger partial charge in [-0.1, -0.05) is 18.2 Å². The van der Waals surface area contributed by atoms with E-state index < -0.39 is 10.9 Å². The fourth-order valence-electron chi connectivity index (χ4n) is 2.99. The molecule has 0 unspecified atom stereocenters. The summed E-state index contributed by atoms with van der Waals surface area (Å²) in [6, 6.07) is 9.11. The van der Waals surface area contributed by atoms with E-state index in [9.17, 15) is 13.2 Å². The van der Waals surface area contributed by atoms with Crippen molar-refractivity contribution >= 4 is 16.6 Å². The first kappa shape index (κ1) is 20.3. The van der Waals surface area contributed by atoms with Gasteiger partial charge in [0.05, 0.1) is 18.5 Å². The predicted octanol–water partition coefficient (Wildman–Crippen LogP) is 0.296. The lowest BCUT2D eigenvalue weighted by Crippen LogP contribution is -2.46. The zero-order valence-electron chi connectivity index (χ0n) is 15.7. The van der Waals surface area contributed by atoms with Crippen LogP contribution in [0.3, 0.4) is 0 Å². The van der Waals surface area contributed by atoms with Gasteiger partial charge in [0.25, 0.3) is 0 Å². The van der Waals surface area contributed by atoms with E-state index in [2.05, 4.69) is 5.10 Å². The van der Waals surface area contributed by atoms with Crippen LogP contribution >= 0.6 is 0 Å². The van der Waals surface area contributed by atoms with E-state index in [1.165, 1.54) is 8.99 Å². The topological polar surface area (TPSA) is 94.0 Å². The molecule has 28 heavy (non-hydrogen) atoms. The minimum atomic E-state index is -2.59. The molecule has 1 fully saturated rings. The van der Waals surface area contributed by atoms with Crippen LogP contribution in [0.2, 0.25) is 0 Å². The van der Waals surface area contributed by atoms with Crippen LogP contribution in [0, 0.1) is 0 Å². The Bertz CT molecular complexity index is 900. The van der Waals surface area contributed by atoms with Crippen molar-refractivity contribution in [2.75, 3.05) is 50.9 Å². The van der Waals surface area contributed by atoms with Gasteiger partial charge in [-0.25, -0.2) is 12.7 Å². The van der Waals surface area contributed by atoms with E-state index in [0.29, 0.717) is 50.8 Å². The number of nitrogens with zero attached hydrogens (tertiary/aromatic N) is 4. The van der Waals surface area contributed by atoms with Crippen LogP contribution in [0.25, 0.3) is 5.69 Å². The molecular formula is C18H24N4O5S. The smallest absolute Gasteiger partial charge is 0.316 e. The van der Waals surface area contributed by atoms with Crippen LogP contribution in [0.1, 0.15) is 6.92 Å². The highest BCUT2D eigenvalue weighted by Gasteiger charge is 2.24. The minimum absolute atomic E-state index is 0.193. The molecule has 1 aliphatic rings. The van der Waals surface area contributed by atoms with Gasteiger partial charge < -0.3 is 14.4 Å². The van der Waals surface area contributed by atoms with Crippen molar-refractivity contribution in [2.24, 2.45) is 0 Å². The van der Waals surface area contributed by atoms with Crippen molar-refractivity contribution in [2.45, 2.75) is 6.92 Å². The van der Waals surface area contributed by atoms with Gasteiger partial charge in [0.1, 0.15) is 12.3 Å². The number of piperazine rings is 1. The zero-order chi connectivity index (χ0) is 19.9. The number of thiol groups is 1. The van der Waals surface area contributed by atoms with Crippen molar-refractivity contribution in [1.82, 2.24) is 14.1 Å². The molecule has 1 saturated heterocycles. The first-order chi connectivity index (χ1) is 13.6. The van der Waals surface area contributed by atoms with Gasteiger partial charge >= 0.3 is 5.56 Å². The van der Waals surface area contributed by atoms with Gasteiger partial charge in [0.15, 0.2) is 0 Å². The lowest BCUT2D eigenvalue weighted by molar-refractivity contribution is 0.109. The standard InChI is InChI=1S/C18H24N4O5S/c1-2-26-12-13-27-17-16(20-8-10-21(11-9-20)28(24)25)14-19-22(18(17)23)15-6-4-3-5-7-15/h3-7,14,28H,2,8-13H2,1H3. The number of hydrogen-bond acceptors (Lipinski definition) is 7. The molecule has 1 aromatic heterocycles. The molecule has 0 spiro atoms. The van der Waals surface area contributed by atoms with Gasteiger partial charge in [-0.2, -0.15) is 9.78 Å². The predicted molar refractivity (Wildman–Crippen MR) is 106 cm³/mol. The van der Waals surface area contributed by atoms with Gasteiger partial charge in [0, 0.05) is 32.8 Å². The first-order valence-corrected chi connectivity index (χ1v) is 10.3. The highest BCUT2D eigenvalue weighted by Crippen LogP contribution is 2.25. The molecule has 9 nitrogen and oxygen atoms in total. The molecule has 152 valence electrons. The summed E-state index contributed by atoms with van der Waals surface area (Å²) in [7, 11) is -2.59. The molecule has 1 aliphatic heterocycles. The van der Waals surface area contributed by atoms with Crippen molar-refractivity contribution < 1.29 is 17.9 Å². The van der Waals surface area contributed by atoms with Gasteiger partial charge in [0.2, 0.25) is 16.6 Å². The Morgan fingerprint density at radius 2 is 1.79 bits per heavy atom. The van der Waals surface area contributed by atoms with E-state index in [0.717, 1.165) is 0 Å².